The molecule has 0 radical (unpaired) electrons. The predicted octanol–water partition coefficient (Wildman–Crippen LogP) is 2.62. The van der Waals surface area contributed by atoms with E-state index in [4.69, 9.17) is 0 Å². The number of likely N-dealkylation sites (tertiary alicyclic amines) is 1. The predicted molar refractivity (Wildman–Crippen MR) is 130 cm³/mol. The zero-order valence-electron chi connectivity index (χ0n) is 20.1. The average molecular weight is 489 g/mol. The molecule has 1 heterocycles. The highest BCUT2D eigenvalue weighted by Crippen LogP contribution is 2.57. The Bertz CT molecular complexity index is 1060. The minimum Gasteiger partial charge on any atom is -0.339 e. The van der Waals surface area contributed by atoms with Crippen LogP contribution in [-0.2, 0) is 19.6 Å². The molecule has 1 aromatic rings. The maximum absolute atomic E-state index is 13.4. The second-order valence-electron chi connectivity index (χ2n) is 11.3. The third kappa shape index (κ3) is 4.62. The molecule has 4 saturated carbocycles. The molecule has 1 aliphatic heterocycles. The van der Waals surface area contributed by atoms with Crippen molar-refractivity contribution in [3.8, 4) is 0 Å². The van der Waals surface area contributed by atoms with Crippen LogP contribution in [-0.4, -0.2) is 55.3 Å². The second kappa shape index (κ2) is 8.60. The summed E-state index contributed by atoms with van der Waals surface area (Å²) in [5, 5.41) is 6.30. The normalized spacial score (nSPS) is 34.4. The van der Waals surface area contributed by atoms with Crippen molar-refractivity contribution in [2.75, 3.05) is 18.4 Å². The van der Waals surface area contributed by atoms with Gasteiger partial charge in [-0.15, -0.1) is 0 Å². The standard InChI is InChI=1S/C25H36N4O4S/c1-17-4-3-9-29(17)23(31)15-26-24-11-19-10-20(12-24)14-25(13-19,16-24)28-34(32,33)22-7-5-21(6-8-22)27-18(2)30/h5-8,17,19-20,26,28H,3-4,9-16H2,1-2H3,(H,27,30). The molecule has 34 heavy (non-hydrogen) atoms. The zero-order chi connectivity index (χ0) is 24.1. The van der Waals surface area contributed by atoms with Crippen molar-refractivity contribution in [1.82, 2.24) is 14.9 Å². The smallest absolute Gasteiger partial charge is 0.241 e. The average Bonchev–Trinajstić information content (AvgIpc) is 3.16. The summed E-state index contributed by atoms with van der Waals surface area (Å²) < 4.78 is 29.8. The Morgan fingerprint density at radius 3 is 2.29 bits per heavy atom. The Kier molecular flexibility index (Phi) is 6.01. The molecule has 0 spiro atoms. The summed E-state index contributed by atoms with van der Waals surface area (Å²) in [6.07, 6.45) is 7.74. The number of benzene rings is 1. The summed E-state index contributed by atoms with van der Waals surface area (Å²) in [5.74, 6) is 0.909. The van der Waals surface area contributed by atoms with Gasteiger partial charge in [0, 0.05) is 36.3 Å². The minimum atomic E-state index is -3.71. The molecule has 2 amide bonds. The van der Waals surface area contributed by atoms with Crippen LogP contribution in [0.4, 0.5) is 5.69 Å². The summed E-state index contributed by atoms with van der Waals surface area (Å²) in [6.45, 7) is 4.70. The second-order valence-corrected chi connectivity index (χ2v) is 12.9. The van der Waals surface area contributed by atoms with Gasteiger partial charge < -0.3 is 15.5 Å². The number of amides is 2. The molecular weight excluding hydrogens is 452 g/mol. The van der Waals surface area contributed by atoms with E-state index in [1.54, 1.807) is 12.1 Å². The van der Waals surface area contributed by atoms with Gasteiger partial charge in [-0.05, 0) is 94.4 Å². The van der Waals surface area contributed by atoms with Crippen molar-refractivity contribution in [3.63, 3.8) is 0 Å². The summed E-state index contributed by atoms with van der Waals surface area (Å²) in [5.41, 5.74) is -0.0853. The highest BCUT2D eigenvalue weighted by Gasteiger charge is 2.58. The van der Waals surface area contributed by atoms with E-state index in [1.165, 1.54) is 19.1 Å². The first kappa shape index (κ1) is 23.8. The number of nitrogens with one attached hydrogen (secondary N) is 3. The third-order valence-corrected chi connectivity index (χ3v) is 9.98. The van der Waals surface area contributed by atoms with Crippen LogP contribution in [0.15, 0.2) is 29.2 Å². The largest absolute Gasteiger partial charge is 0.339 e. The zero-order valence-corrected chi connectivity index (χ0v) is 20.9. The van der Waals surface area contributed by atoms with Crippen molar-refractivity contribution >= 4 is 27.5 Å². The van der Waals surface area contributed by atoms with Crippen molar-refractivity contribution in [3.05, 3.63) is 24.3 Å². The van der Waals surface area contributed by atoms with E-state index in [2.05, 4.69) is 22.3 Å². The Morgan fingerprint density at radius 1 is 1.06 bits per heavy atom. The van der Waals surface area contributed by atoms with E-state index in [9.17, 15) is 18.0 Å². The van der Waals surface area contributed by atoms with Gasteiger partial charge in [-0.1, -0.05) is 0 Å². The molecule has 5 aliphatic rings. The van der Waals surface area contributed by atoms with Crippen LogP contribution in [0.25, 0.3) is 0 Å². The maximum atomic E-state index is 13.4. The van der Waals surface area contributed by atoms with Gasteiger partial charge in [0.15, 0.2) is 0 Å². The molecule has 1 aromatic carbocycles. The number of hydrogen-bond acceptors (Lipinski definition) is 5. The Morgan fingerprint density at radius 2 is 1.71 bits per heavy atom. The molecule has 186 valence electrons. The quantitative estimate of drug-likeness (QED) is 0.547. The van der Waals surface area contributed by atoms with E-state index >= 15 is 0 Å². The van der Waals surface area contributed by atoms with Crippen LogP contribution >= 0.6 is 0 Å². The van der Waals surface area contributed by atoms with Crippen molar-refractivity contribution in [1.29, 1.82) is 0 Å². The van der Waals surface area contributed by atoms with Crippen LogP contribution in [0.3, 0.4) is 0 Å². The van der Waals surface area contributed by atoms with Gasteiger partial charge in [-0.2, -0.15) is 0 Å². The summed E-state index contributed by atoms with van der Waals surface area (Å²) >= 11 is 0. The van der Waals surface area contributed by atoms with Crippen molar-refractivity contribution < 1.29 is 18.0 Å². The van der Waals surface area contributed by atoms with Crippen LogP contribution in [0.5, 0.6) is 0 Å². The highest BCUT2D eigenvalue weighted by molar-refractivity contribution is 7.89. The topological polar surface area (TPSA) is 108 Å². The lowest BCUT2D eigenvalue weighted by Gasteiger charge is -2.62. The lowest BCUT2D eigenvalue weighted by Crippen LogP contribution is -2.69. The SMILES string of the molecule is CC(=O)Nc1ccc(S(=O)(=O)NC23CC4CC(CC(NCC(=O)N5CCCC5C)(C4)C2)C3)cc1. The molecule has 9 heteroatoms. The fourth-order valence-electron chi connectivity index (χ4n) is 7.52. The summed E-state index contributed by atoms with van der Waals surface area (Å²) in [6, 6.07) is 6.62. The van der Waals surface area contributed by atoms with Crippen molar-refractivity contribution in [2.45, 2.75) is 87.2 Å². The van der Waals surface area contributed by atoms with Crippen LogP contribution < -0.4 is 15.4 Å². The third-order valence-electron chi connectivity index (χ3n) is 8.38. The van der Waals surface area contributed by atoms with Crippen LogP contribution in [0, 0.1) is 11.8 Å². The molecule has 1 saturated heterocycles. The molecule has 3 unspecified atom stereocenters. The maximum Gasteiger partial charge on any atom is 0.241 e. The van der Waals surface area contributed by atoms with Gasteiger partial charge >= 0.3 is 0 Å². The molecular formula is C25H36N4O4S. The summed E-state index contributed by atoms with van der Waals surface area (Å²) in [7, 11) is -3.71. The molecule has 5 fully saturated rings. The lowest BCUT2D eigenvalue weighted by molar-refractivity contribution is -0.132. The Labute approximate surface area is 202 Å². The Balaban J connectivity index is 1.30. The van der Waals surface area contributed by atoms with Gasteiger partial charge in [-0.25, -0.2) is 13.1 Å². The lowest BCUT2D eigenvalue weighted by atomic mass is 9.50. The van der Waals surface area contributed by atoms with Gasteiger partial charge in [0.2, 0.25) is 21.8 Å². The number of rotatable bonds is 7. The van der Waals surface area contributed by atoms with Crippen LogP contribution in [0.2, 0.25) is 0 Å². The molecule has 3 atom stereocenters. The molecule has 3 N–H and O–H groups in total. The first-order valence-corrected chi connectivity index (χ1v) is 14.0. The number of sulfonamides is 1. The van der Waals surface area contributed by atoms with E-state index in [-0.39, 0.29) is 22.2 Å². The van der Waals surface area contributed by atoms with Crippen LogP contribution in [0.1, 0.15) is 65.2 Å². The Hall–Kier alpha value is -1.97. The first-order valence-electron chi connectivity index (χ1n) is 12.5. The van der Waals surface area contributed by atoms with Gasteiger partial charge in [-0.3, -0.25) is 9.59 Å². The number of carbonyl (C=O) groups is 2. The molecule has 8 nitrogen and oxygen atoms in total. The highest BCUT2D eigenvalue weighted by atomic mass is 32.2. The monoisotopic (exact) mass is 488 g/mol. The number of hydrogen-bond donors (Lipinski definition) is 3. The van der Waals surface area contributed by atoms with Crippen molar-refractivity contribution in [2.24, 2.45) is 11.8 Å². The first-order chi connectivity index (χ1) is 16.1. The minimum absolute atomic E-state index is 0.162. The summed E-state index contributed by atoms with van der Waals surface area (Å²) in [4.78, 5) is 26.3. The van der Waals surface area contributed by atoms with E-state index in [0.717, 1.165) is 57.9 Å². The van der Waals surface area contributed by atoms with E-state index in [1.807, 2.05) is 4.90 Å². The van der Waals surface area contributed by atoms with E-state index in [0.29, 0.717) is 30.1 Å². The fraction of sp³-hybridized carbons (Fsp3) is 0.680. The number of nitrogens with zero attached hydrogens (tertiary/aromatic N) is 1. The fourth-order valence-corrected chi connectivity index (χ4v) is 8.94. The molecule has 0 aromatic heterocycles. The van der Waals surface area contributed by atoms with Gasteiger partial charge in [0.25, 0.3) is 0 Å². The molecule has 4 aliphatic carbocycles. The molecule has 6 rings (SSSR count). The van der Waals surface area contributed by atoms with Gasteiger partial charge in [0.05, 0.1) is 11.4 Å². The molecule has 4 bridgehead atoms. The number of anilines is 1. The van der Waals surface area contributed by atoms with Gasteiger partial charge in [0.1, 0.15) is 0 Å². The van der Waals surface area contributed by atoms with E-state index < -0.39 is 15.6 Å². The number of carbonyl (C=O) groups excluding carboxylic acids is 2.